The first kappa shape index (κ1) is 18.7. The van der Waals surface area contributed by atoms with E-state index >= 15 is 0 Å². The van der Waals surface area contributed by atoms with Gasteiger partial charge in [0.05, 0.1) is 5.92 Å². The molecule has 3 rings (SSSR count). The van der Waals surface area contributed by atoms with E-state index in [4.69, 9.17) is 4.74 Å². The van der Waals surface area contributed by atoms with Gasteiger partial charge in [0.1, 0.15) is 17.3 Å². The van der Waals surface area contributed by atoms with Crippen molar-refractivity contribution >= 4 is 17.7 Å². The Balaban J connectivity index is 1.60. The average Bonchev–Trinajstić information content (AvgIpc) is 2.63. The number of carboxylic acids is 1. The summed E-state index contributed by atoms with van der Waals surface area (Å²) in [6.45, 7) is 2.66. The molecule has 2 unspecified atom stereocenters. The summed E-state index contributed by atoms with van der Waals surface area (Å²) in [6, 6.07) is 12.2. The van der Waals surface area contributed by atoms with Gasteiger partial charge in [-0.1, -0.05) is 13.0 Å². The summed E-state index contributed by atoms with van der Waals surface area (Å²) in [5.74, 6) is -0.774. The minimum atomic E-state index is -0.877. The molecule has 2 atom stereocenters. The van der Waals surface area contributed by atoms with E-state index in [2.05, 4.69) is 5.32 Å². The van der Waals surface area contributed by atoms with Gasteiger partial charge in [-0.05, 0) is 48.7 Å². The molecule has 0 aliphatic carbocycles. The minimum Gasteiger partial charge on any atom is -0.481 e. The van der Waals surface area contributed by atoms with Gasteiger partial charge in [0.15, 0.2) is 0 Å². The summed E-state index contributed by atoms with van der Waals surface area (Å²) in [6.07, 6.45) is 0.575. The largest absolute Gasteiger partial charge is 0.481 e. The molecule has 0 aromatic heterocycles. The zero-order valence-corrected chi connectivity index (χ0v) is 14.9. The maximum Gasteiger partial charge on any atom is 0.321 e. The number of hydrogen-bond donors (Lipinski definition) is 2. The van der Waals surface area contributed by atoms with Gasteiger partial charge >= 0.3 is 12.0 Å². The van der Waals surface area contributed by atoms with Gasteiger partial charge in [-0.3, -0.25) is 4.79 Å². The van der Waals surface area contributed by atoms with Gasteiger partial charge in [-0.2, -0.15) is 0 Å². The van der Waals surface area contributed by atoms with Crippen LogP contribution < -0.4 is 10.1 Å². The number of anilines is 1. The van der Waals surface area contributed by atoms with Gasteiger partial charge in [-0.15, -0.1) is 0 Å². The Bertz CT molecular complexity index is 825. The molecule has 0 saturated carbocycles. The number of carboxylic acid groups (broad SMARTS) is 1. The standard InChI is InChI=1S/C20H21FN2O4/c1-13-9-14(19(24)25)12-23(11-13)20(26)22-16-5-7-17(8-6-16)27-18-4-2-3-15(21)10-18/h2-8,10,13-14H,9,11-12H2,1H3,(H,22,26)(H,24,25). The van der Waals surface area contributed by atoms with E-state index in [0.717, 1.165) is 0 Å². The van der Waals surface area contributed by atoms with Crippen molar-refractivity contribution in [1.82, 2.24) is 4.90 Å². The van der Waals surface area contributed by atoms with Crippen LogP contribution in [-0.4, -0.2) is 35.1 Å². The fraction of sp³-hybridized carbons (Fsp3) is 0.300. The molecule has 2 aromatic carbocycles. The molecule has 2 aromatic rings. The number of nitrogens with one attached hydrogen (secondary N) is 1. The summed E-state index contributed by atoms with van der Waals surface area (Å²) in [4.78, 5) is 25.2. The van der Waals surface area contributed by atoms with Gasteiger partial charge in [-0.25, -0.2) is 9.18 Å². The third-order valence-corrected chi connectivity index (χ3v) is 4.43. The lowest BCUT2D eigenvalue weighted by atomic mass is 9.91. The number of aliphatic carboxylic acids is 1. The Labute approximate surface area is 156 Å². The summed E-state index contributed by atoms with van der Waals surface area (Å²) in [5, 5.41) is 12.0. The molecule has 1 aliphatic heterocycles. The lowest BCUT2D eigenvalue weighted by Gasteiger charge is -2.34. The highest BCUT2D eigenvalue weighted by Gasteiger charge is 2.31. The van der Waals surface area contributed by atoms with Gasteiger partial charge < -0.3 is 20.1 Å². The molecule has 0 spiro atoms. The Hall–Kier alpha value is -3.09. The normalized spacial score (nSPS) is 19.4. The monoisotopic (exact) mass is 372 g/mol. The van der Waals surface area contributed by atoms with Crippen LogP contribution in [0.1, 0.15) is 13.3 Å². The first-order valence-electron chi connectivity index (χ1n) is 8.73. The van der Waals surface area contributed by atoms with E-state index in [1.54, 1.807) is 36.4 Å². The fourth-order valence-electron chi connectivity index (χ4n) is 3.17. The second-order valence-corrected chi connectivity index (χ2v) is 6.79. The SMILES string of the molecule is CC1CC(C(=O)O)CN(C(=O)Nc2ccc(Oc3cccc(F)c3)cc2)C1. The molecular weight excluding hydrogens is 351 g/mol. The van der Waals surface area contributed by atoms with Gasteiger partial charge in [0.2, 0.25) is 0 Å². The van der Waals surface area contributed by atoms with E-state index in [0.29, 0.717) is 30.2 Å². The number of rotatable bonds is 4. The molecule has 6 nitrogen and oxygen atoms in total. The Morgan fingerprint density at radius 1 is 1.15 bits per heavy atom. The third kappa shape index (κ3) is 4.97. The number of urea groups is 1. The van der Waals surface area contributed by atoms with E-state index in [1.165, 1.54) is 17.0 Å². The van der Waals surface area contributed by atoms with Crippen molar-refractivity contribution in [2.24, 2.45) is 11.8 Å². The molecular formula is C20H21FN2O4. The number of hydrogen-bond acceptors (Lipinski definition) is 3. The molecule has 2 amide bonds. The number of piperidine rings is 1. The predicted octanol–water partition coefficient (Wildman–Crippen LogP) is 4.19. The van der Waals surface area contributed by atoms with Crippen LogP contribution in [0.2, 0.25) is 0 Å². The minimum absolute atomic E-state index is 0.132. The summed E-state index contributed by atoms with van der Waals surface area (Å²) >= 11 is 0. The van der Waals surface area contributed by atoms with Crippen LogP contribution in [0.25, 0.3) is 0 Å². The van der Waals surface area contributed by atoms with E-state index in [9.17, 15) is 19.1 Å². The first-order valence-corrected chi connectivity index (χ1v) is 8.73. The molecule has 1 aliphatic rings. The van der Waals surface area contributed by atoms with Crippen molar-refractivity contribution in [3.8, 4) is 11.5 Å². The lowest BCUT2D eigenvalue weighted by molar-refractivity contribution is -0.143. The number of nitrogens with zero attached hydrogens (tertiary/aromatic N) is 1. The molecule has 142 valence electrons. The zero-order chi connectivity index (χ0) is 19.4. The van der Waals surface area contributed by atoms with Crippen molar-refractivity contribution < 1.29 is 23.8 Å². The smallest absolute Gasteiger partial charge is 0.321 e. The number of ether oxygens (including phenoxy) is 1. The molecule has 2 N–H and O–H groups in total. The molecule has 27 heavy (non-hydrogen) atoms. The van der Waals surface area contributed by atoms with Crippen molar-refractivity contribution in [3.63, 3.8) is 0 Å². The first-order chi connectivity index (χ1) is 12.9. The predicted molar refractivity (Wildman–Crippen MR) is 98.4 cm³/mol. The molecule has 1 fully saturated rings. The van der Waals surface area contributed by atoms with Crippen molar-refractivity contribution in [2.45, 2.75) is 13.3 Å². The number of halogens is 1. The van der Waals surface area contributed by atoms with Crippen LogP contribution in [0, 0.1) is 17.7 Å². The summed E-state index contributed by atoms with van der Waals surface area (Å²) < 4.78 is 18.8. The fourth-order valence-corrected chi connectivity index (χ4v) is 3.17. The van der Waals surface area contributed by atoms with Crippen molar-refractivity contribution in [1.29, 1.82) is 0 Å². The Kier molecular flexibility index (Phi) is 5.59. The highest BCUT2D eigenvalue weighted by molar-refractivity contribution is 5.89. The quantitative estimate of drug-likeness (QED) is 0.843. The maximum absolute atomic E-state index is 13.2. The van der Waals surface area contributed by atoms with Crippen LogP contribution >= 0.6 is 0 Å². The maximum atomic E-state index is 13.2. The molecule has 0 radical (unpaired) electrons. The second kappa shape index (κ2) is 8.07. The number of carbonyl (C=O) groups is 2. The summed E-state index contributed by atoms with van der Waals surface area (Å²) in [7, 11) is 0. The average molecular weight is 372 g/mol. The van der Waals surface area contributed by atoms with Crippen LogP contribution in [0.5, 0.6) is 11.5 Å². The summed E-state index contributed by atoms with van der Waals surface area (Å²) in [5.41, 5.74) is 0.566. The number of carbonyl (C=O) groups excluding carboxylic acids is 1. The molecule has 7 heteroatoms. The lowest BCUT2D eigenvalue weighted by Crippen LogP contribution is -2.47. The van der Waals surface area contributed by atoms with Gasteiger partial charge in [0, 0.05) is 24.8 Å². The van der Waals surface area contributed by atoms with Crippen LogP contribution in [0.4, 0.5) is 14.9 Å². The van der Waals surface area contributed by atoms with Crippen LogP contribution in [0.15, 0.2) is 48.5 Å². The molecule has 1 saturated heterocycles. The van der Waals surface area contributed by atoms with Gasteiger partial charge in [0.25, 0.3) is 0 Å². The zero-order valence-electron chi connectivity index (χ0n) is 14.9. The van der Waals surface area contributed by atoms with Crippen LogP contribution in [0.3, 0.4) is 0 Å². The van der Waals surface area contributed by atoms with E-state index in [1.807, 2.05) is 6.92 Å². The Morgan fingerprint density at radius 2 is 1.89 bits per heavy atom. The van der Waals surface area contributed by atoms with Crippen LogP contribution in [-0.2, 0) is 4.79 Å². The van der Waals surface area contributed by atoms with Crippen molar-refractivity contribution in [2.75, 3.05) is 18.4 Å². The highest BCUT2D eigenvalue weighted by Crippen LogP contribution is 2.25. The second-order valence-electron chi connectivity index (χ2n) is 6.79. The molecule has 0 bridgehead atoms. The topological polar surface area (TPSA) is 78.9 Å². The number of amides is 2. The molecule has 1 heterocycles. The number of likely N-dealkylation sites (tertiary alicyclic amines) is 1. The van der Waals surface area contributed by atoms with E-state index < -0.39 is 11.9 Å². The Morgan fingerprint density at radius 3 is 2.56 bits per heavy atom. The highest BCUT2D eigenvalue weighted by atomic mass is 19.1. The third-order valence-electron chi connectivity index (χ3n) is 4.43. The number of benzene rings is 2. The van der Waals surface area contributed by atoms with Crippen molar-refractivity contribution in [3.05, 3.63) is 54.3 Å². The van der Waals surface area contributed by atoms with E-state index in [-0.39, 0.29) is 24.3 Å².